The summed E-state index contributed by atoms with van der Waals surface area (Å²) in [6.45, 7) is -0.353. The van der Waals surface area contributed by atoms with Gasteiger partial charge in [0.15, 0.2) is 5.76 Å². The van der Waals surface area contributed by atoms with Crippen LogP contribution in [0.5, 0.6) is 5.88 Å². The predicted molar refractivity (Wildman–Crippen MR) is 108 cm³/mol. The second kappa shape index (κ2) is 8.76. The van der Waals surface area contributed by atoms with Crippen molar-refractivity contribution in [2.24, 2.45) is 7.05 Å². The largest absolute Gasteiger partial charge is 0.473 e. The summed E-state index contributed by atoms with van der Waals surface area (Å²) in [4.78, 5) is 16.4. The second-order valence-electron chi connectivity index (χ2n) is 6.63. The fraction of sp³-hybridized carbons (Fsp3) is 0.143. The van der Waals surface area contributed by atoms with E-state index in [-0.39, 0.29) is 36.6 Å². The molecular formula is C21H18FN5O4. The topological polar surface area (TPSA) is 115 Å². The summed E-state index contributed by atoms with van der Waals surface area (Å²) < 4.78 is 25.7. The molecule has 0 spiro atoms. The Balaban J connectivity index is 1.45. The van der Waals surface area contributed by atoms with Crippen LogP contribution in [0, 0.1) is 5.82 Å². The van der Waals surface area contributed by atoms with Gasteiger partial charge in [-0.25, -0.2) is 9.37 Å². The molecule has 3 aromatic heterocycles. The summed E-state index contributed by atoms with van der Waals surface area (Å²) in [5.74, 6) is -0.184. The number of ether oxygens (including phenoxy) is 1. The zero-order chi connectivity index (χ0) is 21.8. The van der Waals surface area contributed by atoms with Crippen LogP contribution < -0.4 is 10.1 Å². The van der Waals surface area contributed by atoms with Crippen LogP contribution in [0.25, 0.3) is 11.3 Å². The molecule has 9 nitrogen and oxygen atoms in total. The summed E-state index contributed by atoms with van der Waals surface area (Å²) in [5.41, 5.74) is 2.51. The molecular weight excluding hydrogens is 405 g/mol. The zero-order valence-electron chi connectivity index (χ0n) is 16.4. The Hall–Kier alpha value is -4.05. The van der Waals surface area contributed by atoms with Gasteiger partial charge in [-0.1, -0.05) is 5.16 Å². The van der Waals surface area contributed by atoms with Crippen molar-refractivity contribution in [2.45, 2.75) is 13.2 Å². The van der Waals surface area contributed by atoms with Crippen molar-refractivity contribution in [1.82, 2.24) is 19.9 Å². The molecule has 31 heavy (non-hydrogen) atoms. The van der Waals surface area contributed by atoms with E-state index in [9.17, 15) is 14.3 Å². The number of hydrogen-bond donors (Lipinski definition) is 2. The number of anilines is 1. The Morgan fingerprint density at radius 1 is 1.23 bits per heavy atom. The molecule has 0 bridgehead atoms. The molecule has 0 saturated carbocycles. The number of carbonyl (C=O) groups excluding carboxylic acids is 1. The Bertz CT molecular complexity index is 1190. The summed E-state index contributed by atoms with van der Waals surface area (Å²) in [6, 6.07) is 8.88. The Morgan fingerprint density at radius 2 is 2.03 bits per heavy atom. The SMILES string of the molecule is Cn1cc(NC(=O)c2ccc(OCc3c(-c4ccc(F)cc4)noc3CO)nc2)cn1. The highest BCUT2D eigenvalue weighted by molar-refractivity contribution is 6.03. The molecule has 3 heterocycles. The minimum Gasteiger partial charge on any atom is -0.473 e. The highest BCUT2D eigenvalue weighted by Gasteiger charge is 2.18. The molecule has 10 heteroatoms. The lowest BCUT2D eigenvalue weighted by atomic mass is 10.1. The van der Waals surface area contributed by atoms with Crippen molar-refractivity contribution in [3.63, 3.8) is 0 Å². The molecule has 0 unspecified atom stereocenters. The monoisotopic (exact) mass is 423 g/mol. The lowest BCUT2D eigenvalue weighted by Crippen LogP contribution is -2.12. The summed E-state index contributed by atoms with van der Waals surface area (Å²) >= 11 is 0. The Labute approximate surface area is 176 Å². The number of nitrogens with one attached hydrogen (secondary N) is 1. The molecule has 0 aliphatic rings. The van der Waals surface area contributed by atoms with Gasteiger partial charge in [0.05, 0.1) is 23.0 Å². The standard InChI is InChI=1S/C21H18FN5O4/c1-27-10-16(9-24-27)25-21(29)14-4-7-19(23-8-14)30-12-17-18(11-28)31-26-20(17)13-2-5-15(22)6-3-13/h2-10,28H,11-12H2,1H3,(H,25,29). The van der Waals surface area contributed by atoms with E-state index in [0.29, 0.717) is 28.1 Å². The summed E-state index contributed by atoms with van der Waals surface area (Å²) in [7, 11) is 1.75. The van der Waals surface area contributed by atoms with Crippen LogP contribution in [-0.2, 0) is 20.3 Å². The number of hydrogen-bond acceptors (Lipinski definition) is 7. The van der Waals surface area contributed by atoms with Crippen molar-refractivity contribution in [1.29, 1.82) is 0 Å². The van der Waals surface area contributed by atoms with E-state index in [2.05, 4.69) is 20.6 Å². The number of aryl methyl sites for hydroxylation is 1. The van der Waals surface area contributed by atoms with E-state index in [1.54, 1.807) is 48.4 Å². The molecule has 0 radical (unpaired) electrons. The van der Waals surface area contributed by atoms with Crippen LogP contribution in [0.4, 0.5) is 10.1 Å². The Kier molecular flexibility index (Phi) is 5.72. The first-order valence-electron chi connectivity index (χ1n) is 9.26. The van der Waals surface area contributed by atoms with Gasteiger partial charge in [0.2, 0.25) is 5.88 Å². The third-order valence-electron chi connectivity index (χ3n) is 4.46. The number of carbonyl (C=O) groups is 1. The van der Waals surface area contributed by atoms with E-state index >= 15 is 0 Å². The van der Waals surface area contributed by atoms with E-state index in [0.717, 1.165) is 0 Å². The lowest BCUT2D eigenvalue weighted by molar-refractivity contribution is 0.102. The van der Waals surface area contributed by atoms with Gasteiger partial charge in [-0.05, 0) is 30.3 Å². The van der Waals surface area contributed by atoms with Crippen LogP contribution in [0.3, 0.4) is 0 Å². The summed E-state index contributed by atoms with van der Waals surface area (Å²) in [5, 5.41) is 20.2. The molecule has 1 amide bonds. The first-order valence-corrected chi connectivity index (χ1v) is 9.26. The minimum absolute atomic E-state index is 0.0142. The maximum absolute atomic E-state index is 13.2. The van der Waals surface area contributed by atoms with Gasteiger partial charge < -0.3 is 19.7 Å². The van der Waals surface area contributed by atoms with Gasteiger partial charge in [0.1, 0.15) is 24.7 Å². The van der Waals surface area contributed by atoms with Crippen LogP contribution in [0.2, 0.25) is 0 Å². The fourth-order valence-electron chi connectivity index (χ4n) is 2.89. The van der Waals surface area contributed by atoms with Crippen LogP contribution >= 0.6 is 0 Å². The summed E-state index contributed by atoms with van der Waals surface area (Å²) in [6.07, 6.45) is 4.61. The number of amides is 1. The minimum atomic E-state index is -0.371. The van der Waals surface area contributed by atoms with Crippen LogP contribution in [0.15, 0.2) is 59.5 Å². The quantitative estimate of drug-likeness (QED) is 0.470. The first-order chi connectivity index (χ1) is 15.0. The average Bonchev–Trinajstić information content (AvgIpc) is 3.38. The number of nitrogens with zero attached hydrogens (tertiary/aromatic N) is 4. The van der Waals surface area contributed by atoms with Gasteiger partial charge in [0, 0.05) is 31.1 Å². The van der Waals surface area contributed by atoms with Crippen molar-refractivity contribution < 1.29 is 23.6 Å². The van der Waals surface area contributed by atoms with Crippen LogP contribution in [0.1, 0.15) is 21.7 Å². The number of rotatable bonds is 7. The van der Waals surface area contributed by atoms with E-state index in [1.165, 1.54) is 18.3 Å². The van der Waals surface area contributed by atoms with Gasteiger partial charge in [0.25, 0.3) is 5.91 Å². The lowest BCUT2D eigenvalue weighted by Gasteiger charge is -2.07. The molecule has 4 rings (SSSR count). The fourth-order valence-corrected chi connectivity index (χ4v) is 2.89. The first kappa shape index (κ1) is 20.2. The molecule has 0 atom stereocenters. The molecule has 0 aliphatic carbocycles. The third kappa shape index (κ3) is 4.59. The maximum Gasteiger partial charge on any atom is 0.257 e. The highest BCUT2D eigenvalue weighted by atomic mass is 19.1. The van der Waals surface area contributed by atoms with Gasteiger partial charge >= 0.3 is 0 Å². The molecule has 158 valence electrons. The second-order valence-corrected chi connectivity index (χ2v) is 6.63. The number of pyridine rings is 1. The molecule has 0 saturated heterocycles. The number of benzene rings is 1. The zero-order valence-corrected chi connectivity index (χ0v) is 16.4. The van der Waals surface area contributed by atoms with Gasteiger partial charge in [-0.3, -0.25) is 9.48 Å². The number of aliphatic hydroxyl groups is 1. The number of halogens is 1. The number of aliphatic hydroxyl groups excluding tert-OH is 1. The van der Waals surface area contributed by atoms with Crippen molar-refractivity contribution in [2.75, 3.05) is 5.32 Å². The molecule has 1 aromatic carbocycles. The average molecular weight is 423 g/mol. The smallest absolute Gasteiger partial charge is 0.257 e. The van der Waals surface area contributed by atoms with Crippen molar-refractivity contribution in [3.8, 4) is 17.1 Å². The van der Waals surface area contributed by atoms with Gasteiger partial charge in [-0.15, -0.1) is 0 Å². The van der Waals surface area contributed by atoms with E-state index in [1.807, 2.05) is 0 Å². The van der Waals surface area contributed by atoms with E-state index < -0.39 is 0 Å². The van der Waals surface area contributed by atoms with E-state index in [4.69, 9.17) is 9.26 Å². The van der Waals surface area contributed by atoms with Crippen molar-refractivity contribution in [3.05, 3.63) is 77.7 Å². The highest BCUT2D eigenvalue weighted by Crippen LogP contribution is 2.27. The Morgan fingerprint density at radius 3 is 2.68 bits per heavy atom. The molecule has 0 aliphatic heterocycles. The molecule has 2 N–H and O–H groups in total. The van der Waals surface area contributed by atoms with Crippen LogP contribution in [-0.4, -0.2) is 30.9 Å². The van der Waals surface area contributed by atoms with Crippen molar-refractivity contribution >= 4 is 11.6 Å². The van der Waals surface area contributed by atoms with Gasteiger partial charge in [-0.2, -0.15) is 5.10 Å². The maximum atomic E-state index is 13.2. The predicted octanol–water partition coefficient (Wildman–Crippen LogP) is 2.93. The number of aromatic nitrogens is 4. The molecule has 0 fully saturated rings. The molecule has 4 aromatic rings. The third-order valence-corrected chi connectivity index (χ3v) is 4.46. The normalized spacial score (nSPS) is 10.8.